The number of carbonyl (C=O) groups is 1. The number of nitro benzene ring substituents is 1. The standard InChI is InChI=1S/C13H8FNO3.CH2ClNS/c14-10-7-4-8-11(15(17)18)12(10)13(16)9-5-2-1-3-6-9;2-1(3)4/h1-8H;(H2,3,4). The highest BCUT2D eigenvalue weighted by Gasteiger charge is 2.24. The minimum atomic E-state index is -0.891. The largest absolute Gasteiger partial charge is 0.380 e. The highest BCUT2D eigenvalue weighted by Crippen LogP contribution is 2.24. The van der Waals surface area contributed by atoms with E-state index in [4.69, 9.17) is 11.6 Å². The van der Waals surface area contributed by atoms with E-state index in [1.54, 1.807) is 18.2 Å². The molecule has 0 aliphatic carbocycles. The third-order valence-electron chi connectivity index (χ3n) is 2.45. The number of thiocarbonyl (C=S) groups is 1. The maximum Gasteiger partial charge on any atom is 0.283 e. The number of carbonyl (C=O) groups excluding carboxylic acids is 1. The normalized spacial score (nSPS) is 9.36. The molecule has 0 bridgehead atoms. The number of hydrogen-bond acceptors (Lipinski definition) is 4. The minimum absolute atomic E-state index is 0.0278. The molecule has 8 heteroatoms. The number of benzene rings is 2. The molecule has 0 spiro atoms. The Morgan fingerprint density at radius 2 is 1.73 bits per heavy atom. The fourth-order valence-electron chi connectivity index (χ4n) is 1.62. The number of nitro groups is 1. The number of nitrogens with two attached hydrogens (primary N) is 1. The van der Waals surface area contributed by atoms with Crippen LogP contribution in [-0.4, -0.2) is 15.2 Å². The number of ketones is 1. The molecule has 0 heterocycles. The van der Waals surface area contributed by atoms with Crippen LogP contribution in [0.25, 0.3) is 0 Å². The van der Waals surface area contributed by atoms with E-state index in [2.05, 4.69) is 18.0 Å². The molecular weight excluding hydrogens is 331 g/mol. The summed E-state index contributed by atoms with van der Waals surface area (Å²) < 4.78 is 13.6. The van der Waals surface area contributed by atoms with E-state index in [0.717, 1.165) is 12.1 Å². The van der Waals surface area contributed by atoms with Gasteiger partial charge < -0.3 is 5.73 Å². The summed E-state index contributed by atoms with van der Waals surface area (Å²) in [6.07, 6.45) is 0. The van der Waals surface area contributed by atoms with Crippen molar-refractivity contribution in [1.82, 2.24) is 0 Å². The molecule has 0 saturated carbocycles. The van der Waals surface area contributed by atoms with Gasteiger partial charge in [-0.05, 0) is 18.3 Å². The molecule has 0 aliphatic heterocycles. The van der Waals surface area contributed by atoms with Gasteiger partial charge in [0.15, 0.2) is 4.45 Å². The van der Waals surface area contributed by atoms with Gasteiger partial charge in [-0.15, -0.1) is 0 Å². The lowest BCUT2D eigenvalue weighted by Gasteiger charge is -2.03. The second kappa shape index (κ2) is 8.16. The second-order valence-corrected chi connectivity index (χ2v) is 4.96. The number of nitrogens with zero attached hydrogens (tertiary/aromatic N) is 1. The van der Waals surface area contributed by atoms with Crippen molar-refractivity contribution in [2.75, 3.05) is 0 Å². The van der Waals surface area contributed by atoms with Gasteiger partial charge in [0.25, 0.3) is 5.69 Å². The summed E-state index contributed by atoms with van der Waals surface area (Å²) in [5.41, 5.74) is 3.79. The van der Waals surface area contributed by atoms with E-state index in [9.17, 15) is 19.3 Å². The molecular formula is C14H10ClFN2O3S. The van der Waals surface area contributed by atoms with Crippen LogP contribution in [0.4, 0.5) is 10.1 Å². The Bertz CT molecular complexity index is 706. The molecule has 0 atom stereocenters. The summed E-state index contributed by atoms with van der Waals surface area (Å²) in [7, 11) is 0. The Balaban J connectivity index is 0.000000541. The first-order chi connectivity index (χ1) is 10.3. The fraction of sp³-hybridized carbons (Fsp3) is 0. The molecule has 2 aromatic rings. The van der Waals surface area contributed by atoms with Crippen molar-refractivity contribution in [3.8, 4) is 0 Å². The van der Waals surface area contributed by atoms with Crippen LogP contribution < -0.4 is 5.73 Å². The van der Waals surface area contributed by atoms with E-state index < -0.39 is 27.8 Å². The molecule has 0 aliphatic rings. The van der Waals surface area contributed by atoms with Gasteiger partial charge in [0.05, 0.1) is 4.92 Å². The average molecular weight is 341 g/mol. The first kappa shape index (κ1) is 17.7. The number of halogens is 2. The smallest absolute Gasteiger partial charge is 0.283 e. The maximum atomic E-state index is 13.6. The van der Waals surface area contributed by atoms with Crippen LogP contribution in [0.3, 0.4) is 0 Å². The summed E-state index contributed by atoms with van der Waals surface area (Å²) in [6.45, 7) is 0. The van der Waals surface area contributed by atoms with Gasteiger partial charge in [0.2, 0.25) is 5.78 Å². The van der Waals surface area contributed by atoms with Crippen LogP contribution in [0.15, 0.2) is 48.5 Å². The maximum absolute atomic E-state index is 13.6. The van der Waals surface area contributed by atoms with Crippen LogP contribution in [0.5, 0.6) is 0 Å². The highest BCUT2D eigenvalue weighted by atomic mass is 35.5. The monoisotopic (exact) mass is 340 g/mol. The SMILES string of the molecule is NC(=S)Cl.O=C(c1ccccc1)c1c(F)cccc1[N+](=O)[O-]. The topological polar surface area (TPSA) is 86.2 Å². The fourth-order valence-corrected chi connectivity index (χ4v) is 1.62. The molecule has 0 saturated heterocycles. The predicted molar refractivity (Wildman–Crippen MR) is 85.6 cm³/mol. The molecule has 0 aromatic heterocycles. The lowest BCUT2D eigenvalue weighted by atomic mass is 10.0. The van der Waals surface area contributed by atoms with E-state index in [1.165, 1.54) is 18.2 Å². The van der Waals surface area contributed by atoms with Gasteiger partial charge in [0, 0.05) is 11.6 Å². The number of rotatable bonds is 3. The summed E-state index contributed by atoms with van der Waals surface area (Å²) in [6, 6.07) is 11.2. The Morgan fingerprint density at radius 3 is 2.23 bits per heavy atom. The lowest BCUT2D eigenvalue weighted by molar-refractivity contribution is -0.385. The zero-order chi connectivity index (χ0) is 16.7. The first-order valence-corrected chi connectivity index (χ1v) is 6.60. The van der Waals surface area contributed by atoms with Gasteiger partial charge in [-0.1, -0.05) is 48.0 Å². The zero-order valence-electron chi connectivity index (χ0n) is 11.0. The lowest BCUT2D eigenvalue weighted by Crippen LogP contribution is -2.08. The van der Waals surface area contributed by atoms with Crippen LogP contribution in [-0.2, 0) is 0 Å². The van der Waals surface area contributed by atoms with Crippen molar-refractivity contribution in [1.29, 1.82) is 0 Å². The molecule has 0 fully saturated rings. The molecule has 22 heavy (non-hydrogen) atoms. The highest BCUT2D eigenvalue weighted by molar-refractivity contribution is 7.83. The van der Waals surface area contributed by atoms with Crippen molar-refractivity contribution >= 4 is 39.7 Å². The molecule has 0 radical (unpaired) electrons. The summed E-state index contributed by atoms with van der Waals surface area (Å²) in [4.78, 5) is 22.1. The quantitative estimate of drug-likeness (QED) is 0.231. The van der Waals surface area contributed by atoms with Crippen molar-refractivity contribution in [2.45, 2.75) is 0 Å². The molecule has 5 nitrogen and oxygen atoms in total. The Hall–Kier alpha value is -2.38. The zero-order valence-corrected chi connectivity index (χ0v) is 12.6. The second-order valence-electron chi connectivity index (χ2n) is 3.89. The summed E-state index contributed by atoms with van der Waals surface area (Å²) in [5.74, 6) is -1.58. The average Bonchev–Trinajstić information content (AvgIpc) is 2.46. The van der Waals surface area contributed by atoms with Crippen molar-refractivity contribution in [3.05, 3.63) is 75.6 Å². The molecule has 0 amide bonds. The molecule has 114 valence electrons. The molecule has 2 rings (SSSR count). The van der Waals surface area contributed by atoms with Crippen LogP contribution >= 0.6 is 23.8 Å². The van der Waals surface area contributed by atoms with Crippen LogP contribution in [0, 0.1) is 15.9 Å². The van der Waals surface area contributed by atoms with Gasteiger partial charge in [-0.2, -0.15) is 0 Å². The molecule has 0 unspecified atom stereocenters. The first-order valence-electron chi connectivity index (χ1n) is 5.82. The van der Waals surface area contributed by atoms with E-state index in [1.807, 2.05) is 0 Å². The van der Waals surface area contributed by atoms with Crippen molar-refractivity contribution in [3.63, 3.8) is 0 Å². The van der Waals surface area contributed by atoms with Crippen LogP contribution in [0.1, 0.15) is 15.9 Å². The Kier molecular flexibility index (Phi) is 6.55. The third-order valence-corrected chi connectivity index (χ3v) is 2.45. The van der Waals surface area contributed by atoms with Crippen LogP contribution in [0.2, 0.25) is 0 Å². The van der Waals surface area contributed by atoms with Gasteiger partial charge >= 0.3 is 0 Å². The molecule has 2 N–H and O–H groups in total. The van der Waals surface area contributed by atoms with E-state index in [0.29, 0.717) is 0 Å². The Morgan fingerprint density at radius 1 is 1.18 bits per heavy atom. The molecule has 2 aromatic carbocycles. The van der Waals surface area contributed by atoms with E-state index >= 15 is 0 Å². The third kappa shape index (κ3) is 4.87. The minimum Gasteiger partial charge on any atom is -0.380 e. The Labute approximate surface area is 135 Å². The number of hydrogen-bond donors (Lipinski definition) is 1. The van der Waals surface area contributed by atoms with Gasteiger partial charge in [-0.25, -0.2) is 4.39 Å². The summed E-state index contributed by atoms with van der Waals surface area (Å²) in [5, 5.41) is 10.8. The van der Waals surface area contributed by atoms with Gasteiger partial charge in [0.1, 0.15) is 11.4 Å². The summed E-state index contributed by atoms with van der Waals surface area (Å²) >= 11 is 8.86. The van der Waals surface area contributed by atoms with E-state index in [-0.39, 0.29) is 10.0 Å². The van der Waals surface area contributed by atoms with Crippen molar-refractivity contribution in [2.24, 2.45) is 5.73 Å². The predicted octanol–water partition coefficient (Wildman–Crippen LogP) is 3.43. The van der Waals surface area contributed by atoms with Crippen molar-refractivity contribution < 1.29 is 14.1 Å². The van der Waals surface area contributed by atoms with Gasteiger partial charge in [-0.3, -0.25) is 14.9 Å².